The molecule has 2 aromatic heterocycles. The number of aromatic hydroxyl groups is 1. The molecule has 252 valence electrons. The third-order valence-corrected chi connectivity index (χ3v) is 10.1. The summed E-state index contributed by atoms with van der Waals surface area (Å²) >= 11 is 2.19. The summed E-state index contributed by atoms with van der Waals surface area (Å²) in [4.78, 5) is 75.3. The van der Waals surface area contributed by atoms with E-state index in [0.29, 0.717) is 23.4 Å². The molecule has 3 atom stereocenters. The summed E-state index contributed by atoms with van der Waals surface area (Å²) in [6, 6.07) is 8.04. The zero-order valence-electron chi connectivity index (χ0n) is 25.3. The number of anilines is 2. The zero-order valence-corrected chi connectivity index (χ0v) is 27.0. The number of fused-ring (bicyclic) bond motifs is 1. The highest BCUT2D eigenvalue weighted by molar-refractivity contribution is 8.00. The van der Waals surface area contributed by atoms with Gasteiger partial charge < -0.3 is 37.1 Å². The van der Waals surface area contributed by atoms with Gasteiger partial charge in [-0.1, -0.05) is 5.16 Å². The summed E-state index contributed by atoms with van der Waals surface area (Å²) in [6.07, 6.45) is 3.08. The zero-order chi connectivity index (χ0) is 34.8. The first-order chi connectivity index (χ1) is 23.6. The molecule has 0 radical (unpaired) electrons. The van der Waals surface area contributed by atoms with Gasteiger partial charge in [-0.25, -0.2) is 9.78 Å². The topological polar surface area (TPSA) is 250 Å². The van der Waals surface area contributed by atoms with Gasteiger partial charge in [0.05, 0.1) is 0 Å². The highest BCUT2D eigenvalue weighted by Crippen LogP contribution is 2.47. The van der Waals surface area contributed by atoms with Crippen molar-refractivity contribution in [1.82, 2.24) is 25.5 Å². The van der Waals surface area contributed by atoms with Crippen molar-refractivity contribution in [2.45, 2.75) is 30.2 Å². The number of carboxylic acids is 1. The minimum atomic E-state index is -1.44. The monoisotopic (exact) mass is 704 g/mol. The maximum absolute atomic E-state index is 13.6. The van der Waals surface area contributed by atoms with Crippen LogP contribution >= 0.6 is 23.1 Å². The van der Waals surface area contributed by atoms with Gasteiger partial charge in [0, 0.05) is 53.7 Å². The fourth-order valence-corrected chi connectivity index (χ4v) is 7.86. The molecule has 6 rings (SSSR count). The van der Waals surface area contributed by atoms with Crippen LogP contribution in [0.15, 0.2) is 81.7 Å². The maximum Gasteiger partial charge on any atom is 0.352 e. The minimum Gasteiger partial charge on any atom is -0.508 e. The number of amides is 4. The lowest BCUT2D eigenvalue weighted by Crippen LogP contribution is -2.71. The standard InChI is InChI=1S/C31H28N8O8S2/c32-31-36-20(13-49-31)23(38-47)27(43)37-24-28(44)39-25(30(45)46)19(12-48-29(24)39)22(17-7-10-34-26(17)42)18(14-5-8-33-9-6-14)11-21(41)35-15-1-3-16(40)4-2-15/h1-6,8-9,13,18,24,29,40,47H,7,10-12H2,(H2,32,36)(H,34,42)(H,35,41)(H,37,43)(H,45,46)/t18?,24-,29-/m1/s1. The Labute approximate surface area is 285 Å². The first-order valence-electron chi connectivity index (χ1n) is 14.7. The summed E-state index contributed by atoms with van der Waals surface area (Å²) in [5.41, 5.74) is 6.57. The average Bonchev–Trinajstić information content (AvgIpc) is 3.72. The quantitative estimate of drug-likeness (QED) is 0.0395. The van der Waals surface area contributed by atoms with Crippen LogP contribution in [-0.4, -0.2) is 89.3 Å². The van der Waals surface area contributed by atoms with E-state index >= 15 is 0 Å². The number of phenols is 1. The SMILES string of the molecule is Nc1nc(C(=NO)C(=O)N[C@@H]2C(=O)N3C(C(=O)O)=C(C(=C4CCNC4=O)C(CC(=O)Nc4ccc(O)cc4)c4ccncc4)CS[C@H]23)cs1. The number of pyridine rings is 1. The third-order valence-electron chi connectivity index (χ3n) is 8.12. The number of carboxylic acid groups (broad SMARTS) is 1. The van der Waals surface area contributed by atoms with E-state index in [1.54, 1.807) is 12.1 Å². The van der Waals surface area contributed by atoms with Gasteiger partial charge >= 0.3 is 5.97 Å². The van der Waals surface area contributed by atoms with Crippen LogP contribution in [0.25, 0.3) is 0 Å². The lowest BCUT2D eigenvalue weighted by Gasteiger charge is -2.50. The third kappa shape index (κ3) is 6.55. The van der Waals surface area contributed by atoms with E-state index in [2.05, 4.69) is 31.1 Å². The number of nitrogen functional groups attached to an aromatic ring is 1. The van der Waals surface area contributed by atoms with E-state index in [0.717, 1.165) is 16.2 Å². The molecule has 16 nitrogen and oxygen atoms in total. The number of nitrogens with zero attached hydrogens (tertiary/aromatic N) is 4. The molecule has 49 heavy (non-hydrogen) atoms. The van der Waals surface area contributed by atoms with Gasteiger partial charge in [-0.15, -0.1) is 23.1 Å². The number of allylic oxidation sites excluding steroid dienone is 1. The number of nitrogens with one attached hydrogen (secondary N) is 3. The number of phenolic OH excluding ortho intramolecular Hbond substituents is 1. The van der Waals surface area contributed by atoms with Crippen LogP contribution in [-0.2, 0) is 24.0 Å². The molecule has 2 saturated heterocycles. The number of carbonyl (C=O) groups excluding carboxylic acids is 4. The fraction of sp³-hybridized carbons (Fsp3) is 0.226. The Morgan fingerprint density at radius 3 is 2.49 bits per heavy atom. The van der Waals surface area contributed by atoms with Gasteiger partial charge in [-0.3, -0.25) is 29.1 Å². The Morgan fingerprint density at radius 1 is 1.14 bits per heavy atom. The smallest absolute Gasteiger partial charge is 0.352 e. The largest absolute Gasteiger partial charge is 0.508 e. The van der Waals surface area contributed by atoms with Crippen LogP contribution in [0.2, 0.25) is 0 Å². The second-order valence-electron chi connectivity index (χ2n) is 11.0. The van der Waals surface area contributed by atoms with Crippen LogP contribution in [0.5, 0.6) is 5.75 Å². The maximum atomic E-state index is 13.6. The molecule has 0 spiro atoms. The van der Waals surface area contributed by atoms with Crippen LogP contribution in [0.4, 0.5) is 10.8 Å². The van der Waals surface area contributed by atoms with Gasteiger partial charge in [0.1, 0.15) is 28.6 Å². The summed E-state index contributed by atoms with van der Waals surface area (Å²) in [7, 11) is 0. The van der Waals surface area contributed by atoms with Crippen molar-refractivity contribution in [3.63, 3.8) is 0 Å². The first kappa shape index (κ1) is 33.2. The predicted octanol–water partition coefficient (Wildman–Crippen LogP) is 1.37. The van der Waals surface area contributed by atoms with Crippen molar-refractivity contribution in [3.05, 3.63) is 87.8 Å². The molecule has 0 aliphatic carbocycles. The highest BCUT2D eigenvalue weighted by atomic mass is 32.2. The molecule has 1 aromatic carbocycles. The molecule has 3 aliphatic heterocycles. The Hall–Kier alpha value is -5.75. The second kappa shape index (κ2) is 13.8. The number of hydrogen-bond donors (Lipinski definition) is 7. The van der Waals surface area contributed by atoms with Gasteiger partial charge in [-0.05, 0) is 59.5 Å². The number of β-lactam (4-membered cyclic amide) rings is 1. The molecule has 18 heteroatoms. The normalized spacial score (nSPS) is 20.6. The molecule has 8 N–H and O–H groups in total. The molecule has 5 heterocycles. The van der Waals surface area contributed by atoms with Gasteiger partial charge in [0.2, 0.25) is 11.8 Å². The van der Waals surface area contributed by atoms with Crippen LogP contribution in [0, 0.1) is 0 Å². The first-order valence-corrected chi connectivity index (χ1v) is 16.7. The molecule has 4 amide bonds. The number of thioether (sulfide) groups is 1. The van der Waals surface area contributed by atoms with E-state index in [1.807, 2.05) is 0 Å². The van der Waals surface area contributed by atoms with Gasteiger partial charge in [-0.2, -0.15) is 0 Å². The number of benzene rings is 1. The number of hydrogen-bond acceptors (Lipinski definition) is 13. The fourth-order valence-electron chi connectivity index (χ4n) is 5.95. The Morgan fingerprint density at radius 2 is 1.88 bits per heavy atom. The highest BCUT2D eigenvalue weighted by Gasteiger charge is 2.55. The average molecular weight is 705 g/mol. The number of aliphatic carboxylic acids is 1. The minimum absolute atomic E-state index is 0.00135. The molecule has 3 aliphatic rings. The van der Waals surface area contributed by atoms with Gasteiger partial charge in [0.15, 0.2) is 10.8 Å². The number of carbonyl (C=O) groups is 5. The summed E-state index contributed by atoms with van der Waals surface area (Å²) in [6.45, 7) is 0.294. The molecule has 0 bridgehead atoms. The Bertz CT molecular complexity index is 1940. The summed E-state index contributed by atoms with van der Waals surface area (Å²) < 4.78 is 0. The molecular formula is C31H28N8O8S2. The van der Waals surface area contributed by atoms with E-state index in [4.69, 9.17) is 5.73 Å². The van der Waals surface area contributed by atoms with Crippen molar-refractivity contribution < 1.29 is 39.4 Å². The molecule has 3 aromatic rings. The Balaban J connectivity index is 1.36. The summed E-state index contributed by atoms with van der Waals surface area (Å²) in [5, 5.41) is 41.4. The van der Waals surface area contributed by atoms with Crippen LogP contribution < -0.4 is 21.7 Å². The summed E-state index contributed by atoms with van der Waals surface area (Å²) in [5.74, 6) is -4.76. The molecule has 0 saturated carbocycles. The van der Waals surface area contributed by atoms with E-state index in [1.165, 1.54) is 53.8 Å². The molecule has 2 fully saturated rings. The van der Waals surface area contributed by atoms with Crippen molar-refractivity contribution in [2.75, 3.05) is 23.3 Å². The predicted molar refractivity (Wildman–Crippen MR) is 178 cm³/mol. The number of aromatic nitrogens is 2. The molecular weight excluding hydrogens is 677 g/mol. The second-order valence-corrected chi connectivity index (χ2v) is 13.0. The van der Waals surface area contributed by atoms with Crippen molar-refractivity contribution in [1.29, 1.82) is 0 Å². The molecule has 1 unspecified atom stereocenters. The van der Waals surface area contributed by atoms with Crippen LogP contribution in [0.1, 0.15) is 30.0 Å². The van der Waals surface area contributed by atoms with Crippen LogP contribution in [0.3, 0.4) is 0 Å². The number of nitrogens with two attached hydrogens (primary N) is 1. The van der Waals surface area contributed by atoms with Crippen molar-refractivity contribution in [2.24, 2.45) is 5.16 Å². The number of oxime groups is 1. The van der Waals surface area contributed by atoms with Gasteiger partial charge in [0.25, 0.3) is 11.8 Å². The van der Waals surface area contributed by atoms with E-state index in [-0.39, 0.29) is 52.0 Å². The number of thiazole rings is 1. The van der Waals surface area contributed by atoms with Crippen molar-refractivity contribution in [3.8, 4) is 5.75 Å². The Kier molecular flexibility index (Phi) is 9.32. The van der Waals surface area contributed by atoms with E-state index < -0.39 is 52.6 Å². The van der Waals surface area contributed by atoms with Crippen molar-refractivity contribution >= 4 is 69.2 Å². The number of rotatable bonds is 10. The lowest BCUT2D eigenvalue weighted by atomic mass is 9.80. The van der Waals surface area contributed by atoms with E-state index in [9.17, 15) is 39.4 Å². The lowest BCUT2D eigenvalue weighted by molar-refractivity contribution is -0.150.